The molecule has 0 unspecified atom stereocenters. The summed E-state index contributed by atoms with van der Waals surface area (Å²) in [6.07, 6.45) is 2.67. The molecular weight excluding hydrogens is 290 g/mol. The van der Waals surface area contributed by atoms with E-state index in [1.54, 1.807) is 0 Å². The smallest absolute Gasteiger partial charge is 0.328 e. The zero-order chi connectivity index (χ0) is 16.5. The second-order valence-corrected chi connectivity index (χ2v) is 5.21. The Morgan fingerprint density at radius 1 is 0.957 bits per heavy atom. The number of carbonyl (C=O) groups is 2. The van der Waals surface area contributed by atoms with Crippen LogP contribution in [0.3, 0.4) is 0 Å². The Morgan fingerprint density at radius 3 is 2.17 bits per heavy atom. The third-order valence-electron chi connectivity index (χ3n) is 3.50. The van der Waals surface area contributed by atoms with Gasteiger partial charge in [-0.2, -0.15) is 0 Å². The number of benzene rings is 2. The highest BCUT2D eigenvalue weighted by atomic mass is 16.4. The van der Waals surface area contributed by atoms with Crippen LogP contribution < -0.4 is 5.32 Å². The molecule has 118 valence electrons. The molecule has 4 heteroatoms. The minimum atomic E-state index is -1.14. The standard InChI is InChI=1S/C19H19NO3/c21-18(11-12-19(22)23)20-14-17(16-9-5-2-6-10-16)13-15-7-3-1-4-8-15/h1-12,17H,13-14H2,(H,20,21)(H,22,23)/b12-11-/t17-/m0/s1. The molecule has 2 aromatic rings. The molecule has 0 saturated heterocycles. The number of amides is 1. The largest absolute Gasteiger partial charge is 0.478 e. The van der Waals surface area contributed by atoms with Crippen LogP contribution in [0, 0.1) is 0 Å². The Kier molecular flexibility index (Phi) is 6.12. The summed E-state index contributed by atoms with van der Waals surface area (Å²) in [6, 6.07) is 20.0. The molecule has 0 spiro atoms. The van der Waals surface area contributed by atoms with E-state index in [9.17, 15) is 9.59 Å². The van der Waals surface area contributed by atoms with Crippen molar-refractivity contribution in [1.29, 1.82) is 0 Å². The highest BCUT2D eigenvalue weighted by Gasteiger charge is 2.13. The van der Waals surface area contributed by atoms with Gasteiger partial charge in [0.05, 0.1) is 0 Å². The van der Waals surface area contributed by atoms with Crippen LogP contribution in [0.1, 0.15) is 17.0 Å². The van der Waals surface area contributed by atoms with Crippen molar-refractivity contribution in [2.75, 3.05) is 6.54 Å². The molecule has 0 aliphatic heterocycles. The highest BCUT2D eigenvalue weighted by Crippen LogP contribution is 2.20. The second kappa shape index (κ2) is 8.54. The highest BCUT2D eigenvalue weighted by molar-refractivity contribution is 5.93. The van der Waals surface area contributed by atoms with Crippen molar-refractivity contribution in [3.63, 3.8) is 0 Å². The van der Waals surface area contributed by atoms with Crippen LogP contribution in [0.15, 0.2) is 72.8 Å². The fourth-order valence-electron chi connectivity index (χ4n) is 2.36. The van der Waals surface area contributed by atoms with Crippen LogP contribution in [0.5, 0.6) is 0 Å². The lowest BCUT2D eigenvalue weighted by Gasteiger charge is -2.18. The maximum absolute atomic E-state index is 11.7. The van der Waals surface area contributed by atoms with Gasteiger partial charge in [0, 0.05) is 24.6 Å². The molecule has 0 aliphatic rings. The number of carboxylic acid groups (broad SMARTS) is 1. The fraction of sp³-hybridized carbons (Fsp3) is 0.158. The molecule has 4 nitrogen and oxygen atoms in total. The summed E-state index contributed by atoms with van der Waals surface area (Å²) in [6.45, 7) is 0.446. The Labute approximate surface area is 135 Å². The van der Waals surface area contributed by atoms with Gasteiger partial charge >= 0.3 is 5.97 Å². The van der Waals surface area contributed by atoms with Gasteiger partial charge in [0.2, 0.25) is 5.91 Å². The van der Waals surface area contributed by atoms with E-state index in [0.29, 0.717) is 6.54 Å². The summed E-state index contributed by atoms with van der Waals surface area (Å²) in [4.78, 5) is 22.1. The minimum Gasteiger partial charge on any atom is -0.478 e. The Balaban J connectivity index is 2.05. The molecule has 0 aliphatic carbocycles. The van der Waals surface area contributed by atoms with E-state index in [4.69, 9.17) is 5.11 Å². The third kappa shape index (κ3) is 5.79. The summed E-state index contributed by atoms with van der Waals surface area (Å²) in [7, 11) is 0. The number of hydrogen-bond donors (Lipinski definition) is 2. The summed E-state index contributed by atoms with van der Waals surface area (Å²) in [5.41, 5.74) is 2.33. The molecule has 2 rings (SSSR count). The molecule has 0 aromatic heterocycles. The van der Waals surface area contributed by atoms with Gasteiger partial charge in [-0.15, -0.1) is 0 Å². The lowest BCUT2D eigenvalue weighted by molar-refractivity contribution is -0.131. The van der Waals surface area contributed by atoms with Crippen LogP contribution in [0.2, 0.25) is 0 Å². The van der Waals surface area contributed by atoms with E-state index >= 15 is 0 Å². The molecule has 2 aromatic carbocycles. The molecule has 0 saturated carbocycles. The van der Waals surface area contributed by atoms with Gasteiger partial charge in [-0.1, -0.05) is 60.7 Å². The van der Waals surface area contributed by atoms with Crippen molar-refractivity contribution in [2.45, 2.75) is 12.3 Å². The van der Waals surface area contributed by atoms with Crippen molar-refractivity contribution in [2.24, 2.45) is 0 Å². The average molecular weight is 309 g/mol. The van der Waals surface area contributed by atoms with E-state index in [1.807, 2.05) is 48.5 Å². The predicted molar refractivity (Wildman–Crippen MR) is 89.1 cm³/mol. The Bertz CT molecular complexity index is 666. The number of aliphatic carboxylic acids is 1. The van der Waals surface area contributed by atoms with Gasteiger partial charge in [-0.3, -0.25) is 4.79 Å². The number of carboxylic acids is 1. The fourth-order valence-corrected chi connectivity index (χ4v) is 2.36. The van der Waals surface area contributed by atoms with Crippen molar-refractivity contribution in [1.82, 2.24) is 5.32 Å². The van der Waals surface area contributed by atoms with E-state index < -0.39 is 11.9 Å². The first kappa shape index (κ1) is 16.5. The van der Waals surface area contributed by atoms with Crippen LogP contribution in [-0.2, 0) is 16.0 Å². The van der Waals surface area contributed by atoms with Crippen LogP contribution in [0.25, 0.3) is 0 Å². The first-order valence-corrected chi connectivity index (χ1v) is 7.43. The van der Waals surface area contributed by atoms with Crippen molar-refractivity contribution >= 4 is 11.9 Å². The van der Waals surface area contributed by atoms with Gasteiger partial charge in [0.15, 0.2) is 0 Å². The summed E-state index contributed by atoms with van der Waals surface area (Å²) < 4.78 is 0. The summed E-state index contributed by atoms with van der Waals surface area (Å²) in [5.74, 6) is -1.41. The van der Waals surface area contributed by atoms with Gasteiger partial charge < -0.3 is 10.4 Å². The van der Waals surface area contributed by atoms with E-state index in [1.165, 1.54) is 5.56 Å². The van der Waals surface area contributed by atoms with E-state index in [0.717, 1.165) is 24.1 Å². The van der Waals surface area contributed by atoms with Crippen LogP contribution in [-0.4, -0.2) is 23.5 Å². The summed E-state index contributed by atoms with van der Waals surface area (Å²) >= 11 is 0. The normalized spacial score (nSPS) is 12.0. The van der Waals surface area contributed by atoms with Crippen molar-refractivity contribution in [3.05, 3.63) is 83.9 Å². The molecule has 1 atom stereocenters. The van der Waals surface area contributed by atoms with Crippen molar-refractivity contribution in [3.8, 4) is 0 Å². The SMILES string of the molecule is O=C(O)/C=C\C(=O)NC[C@H](Cc1ccccc1)c1ccccc1. The topological polar surface area (TPSA) is 66.4 Å². The predicted octanol–water partition coefficient (Wildman–Crippen LogP) is 2.77. The molecule has 2 N–H and O–H groups in total. The van der Waals surface area contributed by atoms with Crippen molar-refractivity contribution < 1.29 is 14.7 Å². The van der Waals surface area contributed by atoms with Crippen LogP contribution >= 0.6 is 0 Å². The zero-order valence-corrected chi connectivity index (χ0v) is 12.7. The lowest BCUT2D eigenvalue weighted by atomic mass is 9.92. The zero-order valence-electron chi connectivity index (χ0n) is 12.7. The van der Waals surface area contributed by atoms with Gasteiger partial charge in [-0.05, 0) is 17.5 Å². The second-order valence-electron chi connectivity index (χ2n) is 5.21. The number of hydrogen-bond acceptors (Lipinski definition) is 2. The first-order chi connectivity index (χ1) is 11.1. The molecule has 1 amide bonds. The number of nitrogens with one attached hydrogen (secondary N) is 1. The third-order valence-corrected chi connectivity index (χ3v) is 3.50. The maximum Gasteiger partial charge on any atom is 0.328 e. The molecule has 0 radical (unpaired) electrons. The number of rotatable bonds is 7. The lowest BCUT2D eigenvalue weighted by Crippen LogP contribution is -2.28. The monoisotopic (exact) mass is 309 g/mol. The first-order valence-electron chi connectivity index (χ1n) is 7.43. The minimum absolute atomic E-state index is 0.126. The number of carbonyl (C=O) groups excluding carboxylic acids is 1. The molecule has 23 heavy (non-hydrogen) atoms. The quantitative estimate of drug-likeness (QED) is 0.773. The molecule has 0 bridgehead atoms. The van der Waals surface area contributed by atoms with E-state index in [2.05, 4.69) is 17.4 Å². The van der Waals surface area contributed by atoms with Gasteiger partial charge in [-0.25, -0.2) is 4.79 Å². The summed E-state index contributed by atoms with van der Waals surface area (Å²) in [5, 5.41) is 11.3. The molecule has 0 heterocycles. The van der Waals surface area contributed by atoms with Crippen LogP contribution in [0.4, 0.5) is 0 Å². The molecule has 0 fully saturated rings. The van der Waals surface area contributed by atoms with Gasteiger partial charge in [0.1, 0.15) is 0 Å². The molecular formula is C19H19NO3. The van der Waals surface area contributed by atoms with Gasteiger partial charge in [0.25, 0.3) is 0 Å². The average Bonchev–Trinajstić information content (AvgIpc) is 2.58. The Morgan fingerprint density at radius 2 is 1.57 bits per heavy atom. The van der Waals surface area contributed by atoms with E-state index in [-0.39, 0.29) is 5.92 Å². The Hall–Kier alpha value is -2.88. The maximum atomic E-state index is 11.7.